The van der Waals surface area contributed by atoms with Gasteiger partial charge in [-0.15, -0.1) is 0 Å². The molecule has 0 nitrogen and oxygen atoms in total. The van der Waals surface area contributed by atoms with Gasteiger partial charge in [0, 0.05) is 0 Å². The van der Waals surface area contributed by atoms with Crippen LogP contribution in [-0.2, 0) is 10.8 Å². The molecule has 0 aromatic heterocycles. The molecule has 0 aliphatic carbocycles. The third-order valence-corrected chi connectivity index (χ3v) is 5.02. The molecular weight excluding hydrogens is 345 g/mol. The van der Waals surface area contributed by atoms with Crippen LogP contribution in [0.5, 0.6) is 0 Å². The summed E-state index contributed by atoms with van der Waals surface area (Å²) in [6.45, 7) is 6.15. The van der Waals surface area contributed by atoms with Gasteiger partial charge in [0.05, 0.1) is 0 Å². The van der Waals surface area contributed by atoms with E-state index in [-0.39, 0.29) is 22.1 Å². The van der Waals surface area contributed by atoms with Crippen LogP contribution in [0.25, 0.3) is 0 Å². The summed E-state index contributed by atoms with van der Waals surface area (Å²) < 4.78 is 44.3. The second-order valence-electron chi connectivity index (χ2n) is 7.81. The first-order valence-corrected chi connectivity index (χ1v) is 8.96. The summed E-state index contributed by atoms with van der Waals surface area (Å²) in [6.07, 6.45) is -4.50. The maximum absolute atomic E-state index is 14.8. The third-order valence-electron chi connectivity index (χ3n) is 5.02. The van der Waals surface area contributed by atoms with Gasteiger partial charge in [0.2, 0.25) is 0 Å². The highest BCUT2D eigenvalue weighted by Gasteiger charge is 2.58. The number of halogens is 3. The highest BCUT2D eigenvalue weighted by molar-refractivity contribution is 5.53. The predicted molar refractivity (Wildman–Crippen MR) is 104 cm³/mol. The van der Waals surface area contributed by atoms with E-state index in [9.17, 15) is 13.2 Å². The summed E-state index contributed by atoms with van der Waals surface area (Å²) in [4.78, 5) is 0. The Morgan fingerprint density at radius 2 is 0.815 bits per heavy atom. The minimum atomic E-state index is -4.50. The first-order valence-electron chi connectivity index (χ1n) is 8.96. The van der Waals surface area contributed by atoms with E-state index in [2.05, 4.69) is 0 Å². The van der Waals surface area contributed by atoms with Crippen molar-refractivity contribution in [3.63, 3.8) is 0 Å². The largest absolute Gasteiger partial charge is 0.406 e. The van der Waals surface area contributed by atoms with Crippen molar-refractivity contribution >= 4 is 0 Å². The van der Waals surface area contributed by atoms with Crippen LogP contribution < -0.4 is 0 Å². The first kappa shape index (κ1) is 19.2. The van der Waals surface area contributed by atoms with Gasteiger partial charge in [-0.2, -0.15) is 13.2 Å². The van der Waals surface area contributed by atoms with Gasteiger partial charge in [0.1, 0.15) is 5.41 Å². The van der Waals surface area contributed by atoms with E-state index in [0.717, 1.165) is 5.56 Å². The Balaban J connectivity index is 2.34. The van der Waals surface area contributed by atoms with E-state index in [1.165, 1.54) is 0 Å². The van der Waals surface area contributed by atoms with Gasteiger partial charge in [-0.3, -0.25) is 0 Å². The minimum absolute atomic E-state index is 0.126. The molecule has 0 bridgehead atoms. The minimum Gasteiger partial charge on any atom is -0.169 e. The third kappa shape index (κ3) is 3.39. The summed E-state index contributed by atoms with van der Waals surface area (Å²) in [7, 11) is 0. The fourth-order valence-corrected chi connectivity index (χ4v) is 3.59. The van der Waals surface area contributed by atoms with Crippen molar-refractivity contribution in [1.29, 1.82) is 0 Å². The highest BCUT2D eigenvalue weighted by Crippen LogP contribution is 2.51. The smallest absolute Gasteiger partial charge is 0.169 e. The molecule has 3 aromatic carbocycles. The van der Waals surface area contributed by atoms with Crippen molar-refractivity contribution in [3.05, 3.63) is 107 Å². The topological polar surface area (TPSA) is 0 Å². The van der Waals surface area contributed by atoms with Crippen LogP contribution >= 0.6 is 0 Å². The number of rotatable bonds is 3. The number of alkyl halides is 3. The zero-order valence-corrected chi connectivity index (χ0v) is 15.7. The van der Waals surface area contributed by atoms with E-state index in [0.29, 0.717) is 0 Å². The van der Waals surface area contributed by atoms with E-state index < -0.39 is 11.6 Å². The average molecular weight is 368 g/mol. The van der Waals surface area contributed by atoms with Crippen molar-refractivity contribution < 1.29 is 13.2 Å². The van der Waals surface area contributed by atoms with Crippen LogP contribution in [0.2, 0.25) is 0 Å². The van der Waals surface area contributed by atoms with Crippen molar-refractivity contribution in [3.8, 4) is 0 Å². The molecular formula is C24H23F3. The van der Waals surface area contributed by atoms with Crippen molar-refractivity contribution in [1.82, 2.24) is 0 Å². The van der Waals surface area contributed by atoms with Crippen LogP contribution in [-0.4, -0.2) is 6.18 Å². The second kappa shape index (κ2) is 6.88. The Morgan fingerprint density at radius 3 is 1.15 bits per heavy atom. The van der Waals surface area contributed by atoms with Crippen LogP contribution in [0, 0.1) is 0 Å². The summed E-state index contributed by atoms with van der Waals surface area (Å²) in [5.74, 6) is 0. The van der Waals surface area contributed by atoms with E-state index >= 15 is 0 Å². The molecule has 140 valence electrons. The molecule has 0 N–H and O–H groups in total. The molecule has 0 saturated carbocycles. The molecule has 27 heavy (non-hydrogen) atoms. The van der Waals surface area contributed by atoms with Gasteiger partial charge in [-0.25, -0.2) is 0 Å². The lowest BCUT2D eigenvalue weighted by Gasteiger charge is -2.38. The normalized spacial score (nSPS) is 12.8. The predicted octanol–water partition coefficient (Wildman–Crippen LogP) is 6.88. The van der Waals surface area contributed by atoms with Gasteiger partial charge in [-0.05, 0) is 27.7 Å². The average Bonchev–Trinajstić information content (AvgIpc) is 2.63. The maximum atomic E-state index is 14.8. The lowest BCUT2D eigenvalue weighted by molar-refractivity contribution is -0.166. The molecule has 3 rings (SSSR count). The van der Waals surface area contributed by atoms with Gasteiger partial charge >= 0.3 is 6.18 Å². The van der Waals surface area contributed by atoms with Crippen LogP contribution in [0.3, 0.4) is 0 Å². The van der Waals surface area contributed by atoms with Crippen molar-refractivity contribution in [2.75, 3.05) is 0 Å². The zero-order chi connectivity index (χ0) is 19.7. The molecule has 0 radical (unpaired) electrons. The zero-order valence-electron chi connectivity index (χ0n) is 15.7. The SMILES string of the molecule is CC(C)(C)c1ccc(C(c2ccccc2)(c2ccccc2)C(F)(F)F)cc1. The maximum Gasteiger partial charge on any atom is 0.406 e. The molecule has 0 atom stereocenters. The standard InChI is InChI=1S/C24H23F3/c1-22(2,3)18-14-16-21(17-15-18)23(24(25,26)27,19-10-6-4-7-11-19)20-12-8-5-9-13-20/h4-17H,1-3H3. The Hall–Kier alpha value is -2.55. The molecule has 0 amide bonds. The number of benzene rings is 3. The summed E-state index contributed by atoms with van der Waals surface area (Å²) in [5, 5.41) is 0. The molecule has 0 saturated heterocycles. The summed E-state index contributed by atoms with van der Waals surface area (Å²) in [5.41, 5.74) is -0.687. The monoisotopic (exact) mass is 368 g/mol. The molecule has 0 aliphatic heterocycles. The van der Waals surface area contributed by atoms with Crippen molar-refractivity contribution in [2.45, 2.75) is 37.8 Å². The number of hydrogen-bond donors (Lipinski definition) is 0. The fraction of sp³-hybridized carbons (Fsp3) is 0.250. The molecule has 0 unspecified atom stereocenters. The Kier molecular flexibility index (Phi) is 4.90. The molecule has 0 fully saturated rings. The summed E-state index contributed by atoms with van der Waals surface area (Å²) >= 11 is 0. The van der Waals surface area contributed by atoms with Crippen LogP contribution in [0.4, 0.5) is 13.2 Å². The lowest BCUT2D eigenvalue weighted by Crippen LogP contribution is -2.44. The van der Waals surface area contributed by atoms with E-state index in [4.69, 9.17) is 0 Å². The van der Waals surface area contributed by atoms with Gasteiger partial charge in [-0.1, -0.05) is 106 Å². The first-order chi connectivity index (χ1) is 12.7. The lowest BCUT2D eigenvalue weighted by atomic mass is 9.68. The fourth-order valence-electron chi connectivity index (χ4n) is 3.59. The van der Waals surface area contributed by atoms with Crippen molar-refractivity contribution in [2.24, 2.45) is 0 Å². The second-order valence-corrected chi connectivity index (χ2v) is 7.81. The van der Waals surface area contributed by atoms with Gasteiger partial charge in [0.15, 0.2) is 0 Å². The van der Waals surface area contributed by atoms with E-state index in [1.807, 2.05) is 32.9 Å². The molecule has 3 aromatic rings. The molecule has 0 aliphatic rings. The van der Waals surface area contributed by atoms with Crippen LogP contribution in [0.1, 0.15) is 43.0 Å². The molecule has 0 heterocycles. The van der Waals surface area contributed by atoms with E-state index in [1.54, 1.807) is 72.8 Å². The van der Waals surface area contributed by atoms with Gasteiger partial charge < -0.3 is 0 Å². The quantitative estimate of drug-likeness (QED) is 0.442. The number of hydrogen-bond acceptors (Lipinski definition) is 0. The molecule has 3 heteroatoms. The Labute approximate surface area is 158 Å². The summed E-state index contributed by atoms with van der Waals surface area (Å²) in [6, 6.07) is 23.2. The Morgan fingerprint density at radius 1 is 0.481 bits per heavy atom. The van der Waals surface area contributed by atoms with Gasteiger partial charge in [0.25, 0.3) is 0 Å². The van der Waals surface area contributed by atoms with Crippen LogP contribution in [0.15, 0.2) is 84.9 Å². The molecule has 0 spiro atoms. The Bertz CT molecular complexity index is 831. The highest BCUT2D eigenvalue weighted by atomic mass is 19.4.